The Bertz CT molecular complexity index is 1250. The number of fused-ring (bicyclic) bond motifs is 3. The Kier molecular flexibility index (Phi) is 9.17. The molecule has 0 amide bonds. The van der Waals surface area contributed by atoms with Gasteiger partial charge in [0, 0.05) is 46.1 Å². The average molecular weight is 521 g/mol. The predicted molar refractivity (Wildman–Crippen MR) is 155 cm³/mol. The van der Waals surface area contributed by atoms with Crippen LogP contribution in [0.4, 0.5) is 5.69 Å². The van der Waals surface area contributed by atoms with E-state index in [9.17, 15) is 4.79 Å². The molecule has 2 heterocycles. The van der Waals surface area contributed by atoms with Gasteiger partial charge in [0.2, 0.25) is 5.56 Å². The Labute approximate surface area is 225 Å². The van der Waals surface area contributed by atoms with Gasteiger partial charge in [0.1, 0.15) is 0 Å². The van der Waals surface area contributed by atoms with E-state index < -0.39 is 0 Å². The minimum Gasteiger partial charge on any atom is -0.384 e. The topological polar surface area (TPSA) is 69.8 Å². The highest BCUT2D eigenvalue weighted by atomic mass is 35.5. The van der Waals surface area contributed by atoms with E-state index in [0.717, 1.165) is 55.0 Å². The van der Waals surface area contributed by atoms with Gasteiger partial charge in [-0.2, -0.15) is 0 Å². The lowest BCUT2D eigenvalue weighted by Crippen LogP contribution is -2.28. The maximum Gasteiger partial charge on any atom is 0.248 e. The SMILES string of the molecule is O=c1ccc2c([nH]1)CCC[C@@H]2NCCCCCCCCCNc1c2c(nc3cc(Cl)ccc13)CCCC2. The van der Waals surface area contributed by atoms with Gasteiger partial charge in [-0.05, 0) is 93.7 Å². The molecule has 6 heteroatoms. The van der Waals surface area contributed by atoms with Crippen molar-refractivity contribution < 1.29 is 0 Å². The van der Waals surface area contributed by atoms with Crippen molar-refractivity contribution in [2.45, 2.75) is 95.9 Å². The second kappa shape index (κ2) is 12.9. The fourth-order valence-electron chi connectivity index (χ4n) is 6.14. The van der Waals surface area contributed by atoms with Gasteiger partial charge in [-0.3, -0.25) is 9.78 Å². The van der Waals surface area contributed by atoms with Crippen molar-refractivity contribution in [2.75, 3.05) is 18.4 Å². The summed E-state index contributed by atoms with van der Waals surface area (Å²) in [7, 11) is 0. The first-order valence-electron chi connectivity index (χ1n) is 14.5. The maximum atomic E-state index is 11.6. The number of nitrogens with one attached hydrogen (secondary N) is 3. The normalized spacial score (nSPS) is 16.9. The Morgan fingerprint density at radius 3 is 2.54 bits per heavy atom. The second-order valence-corrected chi connectivity index (χ2v) is 11.3. The molecule has 2 aliphatic carbocycles. The molecule has 0 radical (unpaired) electrons. The first-order chi connectivity index (χ1) is 18.2. The third-order valence-electron chi connectivity index (χ3n) is 8.10. The van der Waals surface area contributed by atoms with E-state index in [1.807, 2.05) is 18.2 Å². The minimum absolute atomic E-state index is 0.0188. The van der Waals surface area contributed by atoms with Crippen LogP contribution in [0.1, 0.15) is 99.2 Å². The van der Waals surface area contributed by atoms with Crippen LogP contribution < -0.4 is 16.2 Å². The number of unbranched alkanes of at least 4 members (excludes halogenated alkanes) is 6. The Morgan fingerprint density at radius 2 is 1.68 bits per heavy atom. The largest absolute Gasteiger partial charge is 0.384 e. The smallest absolute Gasteiger partial charge is 0.248 e. The summed E-state index contributed by atoms with van der Waals surface area (Å²) in [6.07, 6.45) is 16.9. The summed E-state index contributed by atoms with van der Waals surface area (Å²) < 4.78 is 0. The number of anilines is 1. The van der Waals surface area contributed by atoms with Crippen LogP contribution in [-0.2, 0) is 19.3 Å². The molecule has 198 valence electrons. The molecule has 1 aromatic carbocycles. The lowest BCUT2D eigenvalue weighted by Gasteiger charge is -2.26. The van der Waals surface area contributed by atoms with Crippen LogP contribution >= 0.6 is 11.6 Å². The van der Waals surface area contributed by atoms with E-state index in [-0.39, 0.29) is 5.56 Å². The Hall–Kier alpha value is -2.37. The van der Waals surface area contributed by atoms with E-state index >= 15 is 0 Å². The van der Waals surface area contributed by atoms with Crippen LogP contribution in [0, 0.1) is 0 Å². The Balaban J connectivity index is 0.978. The zero-order chi connectivity index (χ0) is 25.5. The lowest BCUT2D eigenvalue weighted by molar-refractivity contribution is 0.443. The highest BCUT2D eigenvalue weighted by Crippen LogP contribution is 2.34. The number of H-pyrrole nitrogens is 1. The summed E-state index contributed by atoms with van der Waals surface area (Å²) in [5.41, 5.74) is 7.46. The molecule has 5 nitrogen and oxygen atoms in total. The molecule has 3 aromatic rings. The fraction of sp³-hybridized carbons (Fsp3) is 0.548. The predicted octanol–water partition coefficient (Wildman–Crippen LogP) is 7.27. The molecule has 0 saturated heterocycles. The molecule has 37 heavy (non-hydrogen) atoms. The summed E-state index contributed by atoms with van der Waals surface area (Å²) in [4.78, 5) is 19.5. The summed E-state index contributed by atoms with van der Waals surface area (Å²) in [5.74, 6) is 0. The van der Waals surface area contributed by atoms with Crippen LogP contribution in [0.3, 0.4) is 0 Å². The second-order valence-electron chi connectivity index (χ2n) is 10.8. The van der Waals surface area contributed by atoms with Gasteiger partial charge in [0.25, 0.3) is 0 Å². The number of benzene rings is 1. The Morgan fingerprint density at radius 1 is 0.892 bits per heavy atom. The number of aromatic nitrogens is 2. The first kappa shape index (κ1) is 26.2. The van der Waals surface area contributed by atoms with Gasteiger partial charge < -0.3 is 15.6 Å². The van der Waals surface area contributed by atoms with E-state index in [1.54, 1.807) is 6.07 Å². The zero-order valence-corrected chi connectivity index (χ0v) is 22.8. The number of aromatic amines is 1. The molecular formula is C31H41ClN4O. The van der Waals surface area contributed by atoms with E-state index in [2.05, 4.69) is 21.7 Å². The van der Waals surface area contributed by atoms with Gasteiger partial charge in [0.15, 0.2) is 0 Å². The summed E-state index contributed by atoms with van der Waals surface area (Å²) in [6, 6.07) is 10.2. The first-order valence-corrected chi connectivity index (χ1v) is 14.9. The fourth-order valence-corrected chi connectivity index (χ4v) is 6.30. The van der Waals surface area contributed by atoms with Gasteiger partial charge >= 0.3 is 0 Å². The standard InChI is InChI=1S/C31H41ClN4O/c32-22-15-16-25-29(21-22)35-28-12-7-6-11-24(28)31(25)34-20-9-5-3-1-2-4-8-19-33-26-13-10-14-27-23(26)17-18-30(37)36-27/h15-18,21,26,33H,1-14,19-20H2,(H,34,35)(H,36,37)/t26-/m0/s1. The molecule has 0 spiro atoms. The number of hydrogen-bond acceptors (Lipinski definition) is 4. The minimum atomic E-state index is 0.0188. The van der Waals surface area contributed by atoms with Gasteiger partial charge in [-0.25, -0.2) is 0 Å². The molecule has 5 rings (SSSR count). The molecule has 0 aliphatic heterocycles. The molecule has 0 fully saturated rings. The van der Waals surface area contributed by atoms with Crippen molar-refractivity contribution in [3.05, 3.63) is 68.2 Å². The third-order valence-corrected chi connectivity index (χ3v) is 8.34. The maximum absolute atomic E-state index is 11.6. The van der Waals surface area contributed by atoms with Crippen LogP contribution in [0.5, 0.6) is 0 Å². The van der Waals surface area contributed by atoms with Gasteiger partial charge in [0.05, 0.1) is 5.52 Å². The molecule has 2 aromatic heterocycles. The lowest BCUT2D eigenvalue weighted by atomic mass is 9.91. The number of nitrogens with zero attached hydrogens (tertiary/aromatic N) is 1. The monoisotopic (exact) mass is 520 g/mol. The zero-order valence-electron chi connectivity index (χ0n) is 22.0. The van der Waals surface area contributed by atoms with Gasteiger partial charge in [-0.1, -0.05) is 49.8 Å². The van der Waals surface area contributed by atoms with Crippen molar-refractivity contribution >= 4 is 28.2 Å². The summed E-state index contributed by atoms with van der Waals surface area (Å²) >= 11 is 6.25. The summed E-state index contributed by atoms with van der Waals surface area (Å²) in [5, 5.41) is 9.48. The van der Waals surface area contributed by atoms with Crippen LogP contribution in [0.25, 0.3) is 10.9 Å². The number of aryl methyl sites for hydroxylation is 2. The van der Waals surface area contributed by atoms with E-state index in [1.165, 1.54) is 92.1 Å². The van der Waals surface area contributed by atoms with Crippen molar-refractivity contribution in [1.29, 1.82) is 0 Å². The summed E-state index contributed by atoms with van der Waals surface area (Å²) in [6.45, 7) is 2.08. The molecular weight excluding hydrogens is 480 g/mol. The molecule has 0 saturated carbocycles. The molecule has 2 aliphatic rings. The van der Waals surface area contributed by atoms with Gasteiger partial charge in [-0.15, -0.1) is 0 Å². The highest BCUT2D eigenvalue weighted by Gasteiger charge is 2.20. The van der Waals surface area contributed by atoms with Crippen molar-refractivity contribution in [3.63, 3.8) is 0 Å². The average Bonchev–Trinajstić information content (AvgIpc) is 2.90. The number of rotatable bonds is 12. The molecule has 0 bridgehead atoms. The van der Waals surface area contributed by atoms with Crippen LogP contribution in [0.2, 0.25) is 5.02 Å². The quantitative estimate of drug-likeness (QED) is 0.220. The molecule has 1 atom stereocenters. The van der Waals surface area contributed by atoms with Crippen molar-refractivity contribution in [3.8, 4) is 0 Å². The third kappa shape index (κ3) is 6.74. The highest BCUT2D eigenvalue weighted by molar-refractivity contribution is 6.31. The van der Waals surface area contributed by atoms with E-state index in [4.69, 9.17) is 16.6 Å². The van der Waals surface area contributed by atoms with Crippen molar-refractivity contribution in [1.82, 2.24) is 15.3 Å². The molecule has 3 N–H and O–H groups in total. The van der Waals surface area contributed by atoms with Crippen molar-refractivity contribution in [2.24, 2.45) is 0 Å². The number of hydrogen-bond donors (Lipinski definition) is 3. The molecule has 0 unspecified atom stereocenters. The number of halogens is 1. The number of pyridine rings is 2. The van der Waals surface area contributed by atoms with E-state index in [0.29, 0.717) is 6.04 Å². The van der Waals surface area contributed by atoms with Crippen LogP contribution in [-0.4, -0.2) is 23.1 Å². The van der Waals surface area contributed by atoms with Crippen LogP contribution in [0.15, 0.2) is 35.1 Å².